The molecule has 2 aromatic rings. The number of carboxylic acid groups (broad SMARTS) is 2. The van der Waals surface area contributed by atoms with Crippen molar-refractivity contribution >= 4 is 29.0 Å². The minimum absolute atomic E-state index is 0.147. The number of methoxy groups -OCH3 is 1. The average Bonchev–Trinajstić information content (AvgIpc) is 2.76. The van der Waals surface area contributed by atoms with Crippen LogP contribution in [0.5, 0.6) is 5.75 Å². The number of nitrogens with zero attached hydrogens (tertiary/aromatic N) is 3. The van der Waals surface area contributed by atoms with E-state index in [1.165, 1.54) is 24.8 Å². The van der Waals surface area contributed by atoms with Crippen LogP contribution in [-0.2, 0) is 10.5 Å². The van der Waals surface area contributed by atoms with Gasteiger partial charge in [0.2, 0.25) is 0 Å². The molecule has 0 fully saturated rings. The Bertz CT molecular complexity index is 1120. The van der Waals surface area contributed by atoms with Crippen molar-refractivity contribution in [3.63, 3.8) is 0 Å². The Morgan fingerprint density at radius 1 is 1.23 bits per heavy atom. The summed E-state index contributed by atoms with van der Waals surface area (Å²) in [5.74, 6) is -0.134. The first-order valence-electron chi connectivity index (χ1n) is 9.16. The van der Waals surface area contributed by atoms with E-state index in [2.05, 4.69) is 4.99 Å². The van der Waals surface area contributed by atoms with Crippen LogP contribution < -0.4 is 4.74 Å². The molecule has 1 aliphatic rings. The van der Waals surface area contributed by atoms with Gasteiger partial charge in [0.15, 0.2) is 5.17 Å². The smallest absolute Gasteiger partial charge is 0.414 e. The summed E-state index contributed by atoms with van der Waals surface area (Å²) in [7, 11) is 1.57. The van der Waals surface area contributed by atoms with E-state index in [1.54, 1.807) is 37.4 Å². The Morgan fingerprint density at radius 3 is 2.52 bits per heavy atom. The molecule has 0 spiro atoms. The van der Waals surface area contributed by atoms with Gasteiger partial charge in [-0.25, -0.2) is 19.5 Å². The number of amidine groups is 1. The second-order valence-electron chi connectivity index (χ2n) is 6.63. The van der Waals surface area contributed by atoms with Crippen molar-refractivity contribution < 1.29 is 24.5 Å². The lowest BCUT2D eigenvalue weighted by molar-refractivity contribution is -0.133. The van der Waals surface area contributed by atoms with Gasteiger partial charge in [-0.15, -0.1) is 0 Å². The minimum atomic E-state index is -1.33. The summed E-state index contributed by atoms with van der Waals surface area (Å²) in [5, 5.41) is 29.1. The van der Waals surface area contributed by atoms with Gasteiger partial charge in [0, 0.05) is 5.75 Å². The van der Waals surface area contributed by atoms with Crippen LogP contribution in [0, 0.1) is 11.3 Å². The number of allylic oxidation sites excluding steroid dienone is 1. The summed E-state index contributed by atoms with van der Waals surface area (Å²) < 4.78 is 5.14. The molecule has 1 atom stereocenters. The minimum Gasteiger partial charge on any atom is -0.497 e. The molecule has 1 unspecified atom stereocenters. The van der Waals surface area contributed by atoms with Crippen LogP contribution >= 0.6 is 11.8 Å². The number of ether oxygens (including phenoxy) is 1. The molecule has 0 saturated heterocycles. The fourth-order valence-electron chi connectivity index (χ4n) is 3.22. The molecule has 0 radical (unpaired) electrons. The predicted molar refractivity (Wildman–Crippen MR) is 116 cm³/mol. The van der Waals surface area contributed by atoms with Gasteiger partial charge in [-0.05, 0) is 42.3 Å². The number of nitriles is 1. The largest absolute Gasteiger partial charge is 0.497 e. The molecule has 9 heteroatoms. The number of hydrogen-bond donors (Lipinski definition) is 2. The lowest BCUT2D eigenvalue weighted by Gasteiger charge is -2.34. The van der Waals surface area contributed by atoms with Crippen LogP contribution in [0.25, 0.3) is 0 Å². The third kappa shape index (κ3) is 4.70. The molecule has 0 bridgehead atoms. The zero-order chi connectivity index (χ0) is 22.5. The van der Waals surface area contributed by atoms with E-state index in [0.29, 0.717) is 22.6 Å². The summed E-state index contributed by atoms with van der Waals surface area (Å²) >= 11 is 1.19. The average molecular weight is 437 g/mol. The topological polar surface area (TPSA) is 123 Å². The Labute approximate surface area is 183 Å². The van der Waals surface area contributed by atoms with Gasteiger partial charge in [0.25, 0.3) is 0 Å². The number of benzene rings is 2. The molecule has 158 valence electrons. The van der Waals surface area contributed by atoms with E-state index in [-0.39, 0.29) is 16.4 Å². The third-order valence-corrected chi connectivity index (χ3v) is 5.71. The van der Waals surface area contributed by atoms with Crippen molar-refractivity contribution in [1.29, 1.82) is 5.26 Å². The van der Waals surface area contributed by atoms with Crippen LogP contribution in [-0.4, -0.2) is 39.5 Å². The Kier molecular flexibility index (Phi) is 6.62. The highest BCUT2D eigenvalue weighted by molar-refractivity contribution is 8.13. The van der Waals surface area contributed by atoms with E-state index in [0.717, 1.165) is 10.5 Å². The quantitative estimate of drug-likeness (QED) is 0.717. The summed E-state index contributed by atoms with van der Waals surface area (Å²) in [6.07, 6.45) is -1.33. The number of rotatable bonds is 5. The van der Waals surface area contributed by atoms with Crippen LogP contribution in [0.3, 0.4) is 0 Å². The fourth-order valence-corrected chi connectivity index (χ4v) is 4.24. The van der Waals surface area contributed by atoms with E-state index in [4.69, 9.17) is 4.74 Å². The van der Waals surface area contributed by atoms with Crippen LogP contribution in [0.15, 0.2) is 64.8 Å². The van der Waals surface area contributed by atoms with Gasteiger partial charge in [-0.2, -0.15) is 5.26 Å². The molecular weight excluding hydrogens is 418 g/mol. The number of aliphatic imine (C=N–C) groups is 1. The second kappa shape index (κ2) is 9.36. The first-order valence-corrected chi connectivity index (χ1v) is 10.1. The van der Waals surface area contributed by atoms with E-state index in [1.807, 2.05) is 18.2 Å². The molecule has 0 aromatic heterocycles. The highest BCUT2D eigenvalue weighted by Gasteiger charge is 2.39. The van der Waals surface area contributed by atoms with Crippen molar-refractivity contribution in [2.45, 2.75) is 18.7 Å². The lowest BCUT2D eigenvalue weighted by Crippen LogP contribution is -2.42. The maximum Gasteiger partial charge on any atom is 0.414 e. The van der Waals surface area contributed by atoms with Crippen LogP contribution in [0.2, 0.25) is 0 Å². The highest BCUT2D eigenvalue weighted by atomic mass is 32.2. The molecule has 31 heavy (non-hydrogen) atoms. The fraction of sp³-hybridized carbons (Fsp3) is 0.182. The SMILES string of the molecule is COc1ccc(CSC2=NC(C)=C(C(=O)O)C(c3cccc(C#N)c3)N2C(=O)O)cc1. The number of thioether (sulfide) groups is 1. The molecule has 2 aromatic carbocycles. The molecule has 0 saturated carbocycles. The highest BCUT2D eigenvalue weighted by Crippen LogP contribution is 2.38. The second-order valence-corrected chi connectivity index (χ2v) is 7.57. The van der Waals surface area contributed by atoms with Crippen molar-refractivity contribution in [1.82, 2.24) is 4.90 Å². The summed E-state index contributed by atoms with van der Waals surface area (Å²) in [5.41, 5.74) is 1.68. The van der Waals surface area contributed by atoms with Crippen molar-refractivity contribution in [3.8, 4) is 11.8 Å². The van der Waals surface area contributed by atoms with Gasteiger partial charge in [-0.3, -0.25) is 0 Å². The molecule has 2 N–H and O–H groups in total. The first kappa shape index (κ1) is 21.9. The molecule has 3 rings (SSSR count). The summed E-state index contributed by atoms with van der Waals surface area (Å²) in [4.78, 5) is 29.4. The van der Waals surface area contributed by atoms with Crippen molar-refractivity contribution in [2.24, 2.45) is 4.99 Å². The molecule has 1 amide bonds. The van der Waals surface area contributed by atoms with Gasteiger partial charge >= 0.3 is 12.1 Å². The van der Waals surface area contributed by atoms with Crippen molar-refractivity contribution in [2.75, 3.05) is 7.11 Å². The van der Waals surface area contributed by atoms with E-state index < -0.39 is 18.1 Å². The summed E-state index contributed by atoms with van der Waals surface area (Å²) in [6, 6.07) is 14.5. The standard InChI is InChI=1S/C22H19N3O5S/c1-13-18(20(26)27)19(16-5-3-4-15(10-16)11-23)25(22(28)29)21(24-13)31-12-14-6-8-17(30-2)9-7-14/h3-10,19H,12H2,1-2H3,(H,26,27)(H,28,29). The van der Waals surface area contributed by atoms with E-state index >= 15 is 0 Å². The van der Waals surface area contributed by atoms with Gasteiger partial charge in [-0.1, -0.05) is 36.0 Å². The number of amides is 1. The van der Waals surface area contributed by atoms with Gasteiger partial charge in [0.1, 0.15) is 11.8 Å². The van der Waals surface area contributed by atoms with Crippen LogP contribution in [0.1, 0.15) is 29.7 Å². The zero-order valence-electron chi connectivity index (χ0n) is 16.8. The van der Waals surface area contributed by atoms with Crippen LogP contribution in [0.4, 0.5) is 4.79 Å². The van der Waals surface area contributed by atoms with E-state index in [9.17, 15) is 25.1 Å². The molecule has 8 nitrogen and oxygen atoms in total. The third-order valence-electron chi connectivity index (χ3n) is 4.69. The maximum absolute atomic E-state index is 12.2. The van der Waals surface area contributed by atoms with Gasteiger partial charge < -0.3 is 14.9 Å². The number of carboxylic acids is 1. The molecule has 1 aliphatic heterocycles. The Morgan fingerprint density at radius 2 is 1.94 bits per heavy atom. The normalized spacial score (nSPS) is 15.8. The van der Waals surface area contributed by atoms with Gasteiger partial charge in [0.05, 0.1) is 30.0 Å². The number of aliphatic carboxylic acids is 1. The molecular formula is C22H19N3O5S. The number of hydrogen-bond acceptors (Lipinski definition) is 6. The molecule has 1 heterocycles. The predicted octanol–water partition coefficient (Wildman–Crippen LogP) is 4.25. The maximum atomic E-state index is 12.2. The summed E-state index contributed by atoms with van der Waals surface area (Å²) in [6.45, 7) is 1.54. The zero-order valence-corrected chi connectivity index (χ0v) is 17.6. The first-order chi connectivity index (χ1) is 14.8. The van der Waals surface area contributed by atoms with Crippen molar-refractivity contribution in [3.05, 3.63) is 76.5 Å². The molecule has 0 aliphatic carbocycles. The Hall–Kier alpha value is -3.77. The lowest BCUT2D eigenvalue weighted by atomic mass is 9.94. The monoisotopic (exact) mass is 437 g/mol. The number of carbonyl (C=O) groups is 2. The Balaban J connectivity index is 2.01.